The molecule has 3 heteroatoms. The molecule has 1 aliphatic heterocycles. The maximum Gasteiger partial charge on any atom is 0.0998 e. The number of fused-ring (bicyclic) bond motifs is 1. The highest BCUT2D eigenvalue weighted by Crippen LogP contribution is 2.26. The Morgan fingerprint density at radius 1 is 1.15 bits per heavy atom. The minimum atomic E-state index is 0.705. The predicted molar refractivity (Wildman–Crippen MR) is 106 cm³/mol. The van der Waals surface area contributed by atoms with Crippen LogP contribution in [0.1, 0.15) is 31.0 Å². The first-order chi connectivity index (χ1) is 12.7. The summed E-state index contributed by atoms with van der Waals surface area (Å²) in [5.41, 5.74) is 4.92. The second kappa shape index (κ2) is 7.27. The van der Waals surface area contributed by atoms with Crippen LogP contribution in [0.5, 0.6) is 0 Å². The summed E-state index contributed by atoms with van der Waals surface area (Å²) in [6.45, 7) is 4.63. The predicted octanol–water partition coefficient (Wildman–Crippen LogP) is 4.80. The van der Waals surface area contributed by atoms with E-state index in [0.29, 0.717) is 11.6 Å². The van der Waals surface area contributed by atoms with E-state index in [1.54, 1.807) is 0 Å². The number of pyridine rings is 1. The van der Waals surface area contributed by atoms with E-state index in [2.05, 4.69) is 48.2 Å². The Hall–Kier alpha value is -2.70. The standard InChI is InChI=1S/C23H23N3/c1-17-5-4-13-26(17)14-12-21-10-8-19-15-18(9-11-23(19)25-21)22-7-3-2-6-20(22)16-24/h2-3,6-11,15,17H,4-5,12-14H2,1H3/t17-/m1/s1. The molecule has 1 atom stereocenters. The van der Waals surface area contributed by atoms with Crippen LogP contribution in [0, 0.1) is 11.3 Å². The van der Waals surface area contributed by atoms with E-state index in [1.807, 2.05) is 24.3 Å². The summed E-state index contributed by atoms with van der Waals surface area (Å²) in [4.78, 5) is 7.41. The summed E-state index contributed by atoms with van der Waals surface area (Å²) in [6.07, 6.45) is 3.64. The summed E-state index contributed by atoms with van der Waals surface area (Å²) in [6, 6.07) is 21.3. The van der Waals surface area contributed by atoms with Gasteiger partial charge >= 0.3 is 0 Å². The second-order valence-corrected chi connectivity index (χ2v) is 7.14. The van der Waals surface area contributed by atoms with Crippen LogP contribution < -0.4 is 0 Å². The van der Waals surface area contributed by atoms with Gasteiger partial charge in [-0.3, -0.25) is 4.98 Å². The third-order valence-electron chi connectivity index (χ3n) is 5.45. The molecular formula is C23H23N3. The molecule has 2 heterocycles. The molecule has 0 bridgehead atoms. The molecule has 0 radical (unpaired) electrons. The van der Waals surface area contributed by atoms with Crippen LogP contribution in [0.25, 0.3) is 22.0 Å². The fourth-order valence-electron chi connectivity index (χ4n) is 3.89. The molecule has 1 fully saturated rings. The maximum absolute atomic E-state index is 9.33. The van der Waals surface area contributed by atoms with E-state index in [4.69, 9.17) is 4.98 Å². The lowest BCUT2D eigenvalue weighted by atomic mass is 9.99. The zero-order valence-corrected chi connectivity index (χ0v) is 15.2. The van der Waals surface area contributed by atoms with E-state index in [9.17, 15) is 5.26 Å². The highest BCUT2D eigenvalue weighted by molar-refractivity contribution is 5.85. The highest BCUT2D eigenvalue weighted by Gasteiger charge is 2.19. The van der Waals surface area contributed by atoms with Gasteiger partial charge in [0, 0.05) is 30.1 Å². The number of benzene rings is 2. The quantitative estimate of drug-likeness (QED) is 0.684. The molecular weight excluding hydrogens is 318 g/mol. The van der Waals surface area contributed by atoms with Gasteiger partial charge in [0.2, 0.25) is 0 Å². The Morgan fingerprint density at radius 2 is 2.04 bits per heavy atom. The zero-order chi connectivity index (χ0) is 17.9. The fraction of sp³-hybridized carbons (Fsp3) is 0.304. The molecule has 2 aromatic carbocycles. The molecule has 0 spiro atoms. The minimum Gasteiger partial charge on any atom is -0.300 e. The molecule has 0 saturated carbocycles. The van der Waals surface area contributed by atoms with Gasteiger partial charge in [-0.15, -0.1) is 0 Å². The Bertz CT molecular complexity index is 971. The van der Waals surface area contributed by atoms with Crippen LogP contribution >= 0.6 is 0 Å². The van der Waals surface area contributed by atoms with E-state index >= 15 is 0 Å². The van der Waals surface area contributed by atoms with Crippen molar-refractivity contribution in [2.24, 2.45) is 0 Å². The van der Waals surface area contributed by atoms with Gasteiger partial charge in [-0.1, -0.05) is 30.3 Å². The monoisotopic (exact) mass is 341 g/mol. The molecule has 0 unspecified atom stereocenters. The van der Waals surface area contributed by atoms with E-state index in [1.165, 1.54) is 19.4 Å². The largest absolute Gasteiger partial charge is 0.300 e. The summed E-state index contributed by atoms with van der Waals surface area (Å²) >= 11 is 0. The SMILES string of the molecule is C[C@@H]1CCCN1CCc1ccc2cc(-c3ccccc3C#N)ccc2n1. The molecule has 4 rings (SSSR count). The lowest BCUT2D eigenvalue weighted by Crippen LogP contribution is -2.29. The van der Waals surface area contributed by atoms with Crippen LogP contribution in [0.3, 0.4) is 0 Å². The number of hydrogen-bond acceptors (Lipinski definition) is 3. The molecule has 130 valence electrons. The fourth-order valence-corrected chi connectivity index (χ4v) is 3.89. The first-order valence-electron chi connectivity index (χ1n) is 9.38. The van der Waals surface area contributed by atoms with Crippen molar-refractivity contribution in [2.75, 3.05) is 13.1 Å². The second-order valence-electron chi connectivity index (χ2n) is 7.14. The molecule has 0 aliphatic carbocycles. The Morgan fingerprint density at radius 3 is 2.85 bits per heavy atom. The van der Waals surface area contributed by atoms with Crippen molar-refractivity contribution in [3.63, 3.8) is 0 Å². The van der Waals surface area contributed by atoms with Crippen LogP contribution in [0.2, 0.25) is 0 Å². The van der Waals surface area contributed by atoms with Crippen LogP contribution in [-0.4, -0.2) is 29.0 Å². The number of aromatic nitrogens is 1. The van der Waals surface area contributed by atoms with Gasteiger partial charge in [0.05, 0.1) is 17.1 Å². The van der Waals surface area contributed by atoms with E-state index < -0.39 is 0 Å². The normalized spacial score (nSPS) is 17.5. The molecule has 3 nitrogen and oxygen atoms in total. The summed E-state index contributed by atoms with van der Waals surface area (Å²) in [7, 11) is 0. The number of nitriles is 1. The molecule has 0 amide bonds. The maximum atomic E-state index is 9.33. The average Bonchev–Trinajstić information content (AvgIpc) is 3.10. The number of likely N-dealkylation sites (tertiary alicyclic amines) is 1. The number of rotatable bonds is 4. The third-order valence-corrected chi connectivity index (χ3v) is 5.45. The summed E-state index contributed by atoms with van der Waals surface area (Å²) in [5.74, 6) is 0. The van der Waals surface area contributed by atoms with Crippen molar-refractivity contribution < 1.29 is 0 Å². The van der Waals surface area contributed by atoms with Gasteiger partial charge < -0.3 is 4.90 Å². The van der Waals surface area contributed by atoms with Crippen molar-refractivity contribution in [2.45, 2.75) is 32.2 Å². The van der Waals surface area contributed by atoms with Gasteiger partial charge in [-0.2, -0.15) is 5.26 Å². The third kappa shape index (κ3) is 3.34. The van der Waals surface area contributed by atoms with Crippen molar-refractivity contribution >= 4 is 10.9 Å². The highest BCUT2D eigenvalue weighted by atomic mass is 15.2. The van der Waals surface area contributed by atoms with Gasteiger partial charge in [0.1, 0.15) is 0 Å². The van der Waals surface area contributed by atoms with E-state index in [0.717, 1.165) is 40.7 Å². The molecule has 0 N–H and O–H groups in total. The van der Waals surface area contributed by atoms with Crippen LogP contribution in [0.4, 0.5) is 0 Å². The topological polar surface area (TPSA) is 39.9 Å². The van der Waals surface area contributed by atoms with Gasteiger partial charge in [-0.05, 0) is 61.7 Å². The average molecular weight is 341 g/mol. The van der Waals surface area contributed by atoms with Gasteiger partial charge in [0.25, 0.3) is 0 Å². The Labute approximate surface area is 154 Å². The van der Waals surface area contributed by atoms with Crippen molar-refractivity contribution in [3.8, 4) is 17.2 Å². The zero-order valence-electron chi connectivity index (χ0n) is 15.2. The number of nitrogens with zero attached hydrogens (tertiary/aromatic N) is 3. The summed E-state index contributed by atoms with van der Waals surface area (Å²) < 4.78 is 0. The van der Waals surface area contributed by atoms with Crippen LogP contribution in [0.15, 0.2) is 54.6 Å². The lowest BCUT2D eigenvalue weighted by molar-refractivity contribution is 0.271. The first kappa shape index (κ1) is 16.8. The minimum absolute atomic E-state index is 0.705. The molecule has 1 aromatic heterocycles. The smallest absolute Gasteiger partial charge is 0.0998 e. The Balaban J connectivity index is 1.57. The van der Waals surface area contributed by atoms with Crippen molar-refractivity contribution in [1.82, 2.24) is 9.88 Å². The molecule has 3 aromatic rings. The molecule has 26 heavy (non-hydrogen) atoms. The molecule has 1 aliphatic rings. The lowest BCUT2D eigenvalue weighted by Gasteiger charge is -2.20. The summed E-state index contributed by atoms with van der Waals surface area (Å²) in [5, 5.41) is 10.4. The Kier molecular flexibility index (Phi) is 4.69. The number of hydrogen-bond donors (Lipinski definition) is 0. The van der Waals surface area contributed by atoms with Gasteiger partial charge in [-0.25, -0.2) is 0 Å². The van der Waals surface area contributed by atoms with E-state index in [-0.39, 0.29) is 0 Å². The van der Waals surface area contributed by atoms with Crippen molar-refractivity contribution in [3.05, 3.63) is 65.9 Å². The van der Waals surface area contributed by atoms with Gasteiger partial charge in [0.15, 0.2) is 0 Å². The first-order valence-corrected chi connectivity index (χ1v) is 9.38. The van der Waals surface area contributed by atoms with Crippen molar-refractivity contribution in [1.29, 1.82) is 5.26 Å². The van der Waals surface area contributed by atoms with Crippen LogP contribution in [-0.2, 0) is 6.42 Å². The molecule has 1 saturated heterocycles.